The van der Waals surface area contributed by atoms with Crippen LogP contribution in [0.15, 0.2) is 34.8 Å². The van der Waals surface area contributed by atoms with Crippen LogP contribution >= 0.6 is 15.9 Å². The number of amides is 2. The molecule has 3 aromatic rings. The van der Waals surface area contributed by atoms with Crippen LogP contribution in [-0.4, -0.2) is 69.3 Å². The number of piperazine rings is 1. The molecule has 3 N–H and O–H groups in total. The third-order valence-electron chi connectivity index (χ3n) is 4.66. The molecule has 1 aromatic carbocycles. The molecule has 0 radical (unpaired) electrons. The highest BCUT2D eigenvalue weighted by Crippen LogP contribution is 2.32. The third kappa shape index (κ3) is 3.60. The van der Waals surface area contributed by atoms with Gasteiger partial charge >= 0.3 is 6.03 Å². The van der Waals surface area contributed by atoms with Crippen LogP contribution in [0, 0.1) is 0 Å². The molecule has 3 heterocycles. The molecule has 0 bridgehead atoms. The van der Waals surface area contributed by atoms with Crippen molar-refractivity contribution in [1.82, 2.24) is 25.0 Å². The lowest BCUT2D eigenvalue weighted by Gasteiger charge is -2.32. The Bertz CT molecular complexity index is 979. The first kappa shape index (κ1) is 17.7. The van der Waals surface area contributed by atoms with E-state index in [1.54, 1.807) is 29.2 Å². The maximum Gasteiger partial charge on any atom is 0.323 e. The Morgan fingerprint density at radius 1 is 1.22 bits per heavy atom. The van der Waals surface area contributed by atoms with Crippen molar-refractivity contribution in [2.24, 2.45) is 0 Å². The van der Waals surface area contributed by atoms with E-state index in [2.05, 4.69) is 41.3 Å². The monoisotopic (exact) mass is 430 g/mol. The normalized spacial score (nSPS) is 15.3. The topological polar surface area (TPSA) is 97.4 Å². The Hall–Kier alpha value is -2.65. The van der Waals surface area contributed by atoms with Crippen molar-refractivity contribution >= 4 is 38.8 Å². The number of nitrogens with one attached hydrogen (secondary N) is 2. The number of fused-ring (bicyclic) bond motifs is 1. The number of aromatic nitrogens is 3. The van der Waals surface area contributed by atoms with Crippen molar-refractivity contribution < 1.29 is 9.90 Å². The van der Waals surface area contributed by atoms with Crippen LogP contribution in [0.5, 0.6) is 5.75 Å². The highest BCUT2D eigenvalue weighted by atomic mass is 79.9. The number of nitrogens with zero attached hydrogens (tertiary/aromatic N) is 4. The van der Waals surface area contributed by atoms with E-state index in [0.717, 1.165) is 34.2 Å². The molecule has 2 aromatic heterocycles. The molecule has 2 amide bonds. The maximum atomic E-state index is 12.5. The summed E-state index contributed by atoms with van der Waals surface area (Å²) in [4.78, 5) is 21.1. The predicted octanol–water partition coefficient (Wildman–Crippen LogP) is 2.87. The number of rotatable bonds is 2. The molecule has 27 heavy (non-hydrogen) atoms. The number of aromatic amines is 1. The summed E-state index contributed by atoms with van der Waals surface area (Å²) in [5.74, 6) is 0.658. The molecule has 0 atom stereocenters. The van der Waals surface area contributed by atoms with E-state index >= 15 is 0 Å². The summed E-state index contributed by atoms with van der Waals surface area (Å²) in [5.41, 5.74) is 2.16. The number of benzene rings is 1. The van der Waals surface area contributed by atoms with Crippen LogP contribution in [0.1, 0.15) is 0 Å². The van der Waals surface area contributed by atoms with Gasteiger partial charge in [0.2, 0.25) is 0 Å². The summed E-state index contributed by atoms with van der Waals surface area (Å²) in [6, 6.07) is 8.54. The molecule has 0 saturated carbocycles. The van der Waals surface area contributed by atoms with Crippen LogP contribution in [-0.2, 0) is 0 Å². The largest absolute Gasteiger partial charge is 0.508 e. The first-order valence-corrected chi connectivity index (χ1v) is 9.39. The molecule has 0 aliphatic carbocycles. The van der Waals surface area contributed by atoms with Gasteiger partial charge in [0.1, 0.15) is 5.75 Å². The highest BCUT2D eigenvalue weighted by molar-refractivity contribution is 9.10. The van der Waals surface area contributed by atoms with Crippen LogP contribution in [0.3, 0.4) is 0 Å². The molecule has 140 valence electrons. The van der Waals surface area contributed by atoms with Crippen molar-refractivity contribution in [3.63, 3.8) is 0 Å². The Labute approximate surface area is 164 Å². The fraction of sp³-hybridized carbons (Fsp3) is 0.278. The van der Waals surface area contributed by atoms with E-state index in [4.69, 9.17) is 0 Å². The number of hydrogen-bond donors (Lipinski definition) is 3. The van der Waals surface area contributed by atoms with Crippen LogP contribution in [0.25, 0.3) is 22.3 Å². The van der Waals surface area contributed by atoms with Gasteiger partial charge in [0.05, 0.1) is 11.1 Å². The number of phenols is 1. The number of anilines is 1. The van der Waals surface area contributed by atoms with Gasteiger partial charge in [-0.05, 0) is 53.3 Å². The molecular weight excluding hydrogens is 412 g/mol. The van der Waals surface area contributed by atoms with Gasteiger partial charge in [-0.25, -0.2) is 9.78 Å². The second-order valence-electron chi connectivity index (χ2n) is 6.55. The van der Waals surface area contributed by atoms with Crippen molar-refractivity contribution in [2.75, 3.05) is 38.5 Å². The van der Waals surface area contributed by atoms with Gasteiger partial charge in [-0.3, -0.25) is 10.4 Å². The lowest BCUT2D eigenvalue weighted by Crippen LogP contribution is -2.48. The van der Waals surface area contributed by atoms with E-state index in [-0.39, 0.29) is 11.8 Å². The highest BCUT2D eigenvalue weighted by Gasteiger charge is 2.21. The van der Waals surface area contributed by atoms with Crippen molar-refractivity contribution in [2.45, 2.75) is 0 Å². The molecular formula is C18H19BrN6O2. The number of pyridine rings is 1. The van der Waals surface area contributed by atoms with Crippen molar-refractivity contribution in [1.29, 1.82) is 0 Å². The molecule has 1 aliphatic heterocycles. The molecule has 8 nitrogen and oxygen atoms in total. The van der Waals surface area contributed by atoms with Gasteiger partial charge in [0.25, 0.3) is 0 Å². The van der Waals surface area contributed by atoms with Gasteiger partial charge < -0.3 is 14.9 Å². The number of halogens is 1. The predicted molar refractivity (Wildman–Crippen MR) is 107 cm³/mol. The lowest BCUT2D eigenvalue weighted by molar-refractivity contribution is 0.164. The number of carbonyl (C=O) groups excluding carboxylic acids is 1. The number of phenolic OH excluding ortho intramolecular Hbond substituents is 1. The Morgan fingerprint density at radius 3 is 2.63 bits per heavy atom. The quantitative estimate of drug-likeness (QED) is 0.580. The minimum absolute atomic E-state index is 0.157. The standard InChI is InChI=1S/C18H19BrN6O2/c1-24-6-8-25(9-7-24)18(27)21-17-13-10-14(19)15(20-16(13)22-23-17)11-2-4-12(26)5-3-11/h2-5,10,26H,6-9H2,1H3,(H2,20,21,22,23,27). The summed E-state index contributed by atoms with van der Waals surface area (Å²) in [7, 11) is 2.05. The minimum atomic E-state index is -0.157. The molecule has 1 saturated heterocycles. The van der Waals surface area contributed by atoms with Crippen molar-refractivity contribution in [3.05, 3.63) is 34.8 Å². The molecule has 4 rings (SSSR count). The van der Waals surface area contributed by atoms with Gasteiger partial charge in [-0.2, -0.15) is 5.10 Å². The maximum absolute atomic E-state index is 12.5. The van der Waals surface area contributed by atoms with E-state index < -0.39 is 0 Å². The summed E-state index contributed by atoms with van der Waals surface area (Å²) < 4.78 is 0.775. The van der Waals surface area contributed by atoms with E-state index in [1.807, 2.05) is 13.1 Å². The Balaban J connectivity index is 1.59. The smallest absolute Gasteiger partial charge is 0.323 e. The van der Waals surface area contributed by atoms with Crippen molar-refractivity contribution in [3.8, 4) is 17.0 Å². The first-order valence-electron chi connectivity index (χ1n) is 8.60. The van der Waals surface area contributed by atoms with E-state index in [1.165, 1.54) is 0 Å². The Morgan fingerprint density at radius 2 is 1.93 bits per heavy atom. The molecule has 1 aliphatic rings. The minimum Gasteiger partial charge on any atom is -0.508 e. The number of urea groups is 1. The van der Waals surface area contributed by atoms with Gasteiger partial charge in [0, 0.05) is 36.2 Å². The van der Waals surface area contributed by atoms with E-state index in [9.17, 15) is 9.90 Å². The molecule has 1 fully saturated rings. The Kier molecular flexibility index (Phi) is 4.71. The average Bonchev–Trinajstić information content (AvgIpc) is 3.04. The number of likely N-dealkylation sites (N-methyl/N-ethyl adjacent to an activating group) is 1. The summed E-state index contributed by atoms with van der Waals surface area (Å²) in [6.45, 7) is 3.10. The SMILES string of the molecule is CN1CCN(C(=O)Nc2n[nH]c3nc(-c4ccc(O)cc4)c(Br)cc23)CC1. The number of aromatic hydroxyl groups is 1. The summed E-state index contributed by atoms with van der Waals surface area (Å²) in [6.07, 6.45) is 0. The number of H-pyrrole nitrogens is 1. The molecule has 9 heteroatoms. The second kappa shape index (κ2) is 7.16. The molecule has 0 spiro atoms. The number of carbonyl (C=O) groups is 1. The molecule has 0 unspecified atom stereocenters. The van der Waals surface area contributed by atoms with Crippen LogP contribution in [0.2, 0.25) is 0 Å². The fourth-order valence-electron chi connectivity index (χ4n) is 3.03. The summed E-state index contributed by atoms with van der Waals surface area (Å²) in [5, 5.41) is 20.2. The van der Waals surface area contributed by atoms with E-state index in [0.29, 0.717) is 24.6 Å². The first-order chi connectivity index (χ1) is 13.0. The van der Waals surface area contributed by atoms with Crippen LogP contribution < -0.4 is 5.32 Å². The fourth-order valence-corrected chi connectivity index (χ4v) is 3.58. The number of hydrogen-bond acceptors (Lipinski definition) is 5. The van der Waals surface area contributed by atoms with Gasteiger partial charge in [-0.15, -0.1) is 0 Å². The third-order valence-corrected chi connectivity index (χ3v) is 5.27. The van der Waals surface area contributed by atoms with Gasteiger partial charge in [0.15, 0.2) is 11.5 Å². The van der Waals surface area contributed by atoms with Gasteiger partial charge in [-0.1, -0.05) is 0 Å². The lowest BCUT2D eigenvalue weighted by atomic mass is 10.1. The zero-order valence-corrected chi connectivity index (χ0v) is 16.3. The summed E-state index contributed by atoms with van der Waals surface area (Å²) >= 11 is 3.55. The van der Waals surface area contributed by atoms with Crippen LogP contribution in [0.4, 0.5) is 10.6 Å². The average molecular weight is 431 g/mol. The zero-order chi connectivity index (χ0) is 19.0. The second-order valence-corrected chi connectivity index (χ2v) is 7.41. The zero-order valence-electron chi connectivity index (χ0n) is 14.7.